The van der Waals surface area contributed by atoms with E-state index < -0.39 is 0 Å². The number of thioether (sulfide) groups is 1. The smallest absolute Gasteiger partial charge is 0.239 e. The second kappa shape index (κ2) is 5.44. The van der Waals surface area contributed by atoms with Gasteiger partial charge in [-0.3, -0.25) is 4.79 Å². The van der Waals surface area contributed by atoms with E-state index >= 15 is 0 Å². The Hall–Kier alpha value is -1.49. The van der Waals surface area contributed by atoms with Gasteiger partial charge in [0.15, 0.2) is 5.17 Å². The Morgan fingerprint density at radius 1 is 1.44 bits per heavy atom. The maximum atomic E-state index is 11.7. The highest BCUT2D eigenvalue weighted by Gasteiger charge is 2.32. The number of methoxy groups -OCH3 is 1. The summed E-state index contributed by atoms with van der Waals surface area (Å²) in [6, 6.07) is 7.45. The van der Waals surface area contributed by atoms with E-state index in [0.29, 0.717) is 11.1 Å². The third kappa shape index (κ3) is 2.85. The van der Waals surface area contributed by atoms with Crippen LogP contribution in [0.2, 0.25) is 0 Å². The third-order valence-corrected chi connectivity index (χ3v) is 4.05. The molecule has 1 aliphatic rings. The molecule has 0 radical (unpaired) electrons. The molecule has 1 heterocycles. The van der Waals surface area contributed by atoms with Gasteiger partial charge in [0, 0.05) is 6.07 Å². The van der Waals surface area contributed by atoms with Crippen molar-refractivity contribution in [3.8, 4) is 5.75 Å². The van der Waals surface area contributed by atoms with E-state index in [-0.39, 0.29) is 11.2 Å². The summed E-state index contributed by atoms with van der Waals surface area (Å²) in [7, 11) is 1.62. The molecule has 1 aromatic rings. The molecule has 0 aromatic heterocycles. The van der Waals surface area contributed by atoms with Gasteiger partial charge in [-0.25, -0.2) is 4.99 Å². The first kappa shape index (κ1) is 13.0. The number of nitrogens with zero attached hydrogens (tertiary/aromatic N) is 1. The summed E-state index contributed by atoms with van der Waals surface area (Å²) < 4.78 is 5.14. The van der Waals surface area contributed by atoms with Gasteiger partial charge in [-0.05, 0) is 18.1 Å². The summed E-state index contributed by atoms with van der Waals surface area (Å²) in [6.07, 6.45) is 0. The first-order valence-electron chi connectivity index (χ1n) is 5.80. The molecule has 0 spiro atoms. The number of amidine groups is 1. The van der Waals surface area contributed by atoms with E-state index in [1.807, 2.05) is 38.1 Å². The predicted molar refractivity (Wildman–Crippen MR) is 74.4 cm³/mol. The van der Waals surface area contributed by atoms with Gasteiger partial charge in [0.2, 0.25) is 5.91 Å². The van der Waals surface area contributed by atoms with Crippen LogP contribution in [0.15, 0.2) is 29.3 Å². The summed E-state index contributed by atoms with van der Waals surface area (Å²) in [5, 5.41) is 3.42. The SMILES string of the molecule is COc1cccc(N=C2NC(=O)C(C(C)C)S2)c1. The first-order chi connectivity index (χ1) is 8.60. The minimum absolute atomic E-state index is 0.0386. The minimum Gasteiger partial charge on any atom is -0.497 e. The van der Waals surface area contributed by atoms with Crippen LogP contribution in [0.3, 0.4) is 0 Å². The number of hydrogen-bond donors (Lipinski definition) is 1. The Balaban J connectivity index is 2.17. The van der Waals surface area contributed by atoms with Crippen LogP contribution >= 0.6 is 11.8 Å². The van der Waals surface area contributed by atoms with Gasteiger partial charge in [0.05, 0.1) is 18.0 Å². The van der Waals surface area contributed by atoms with Crippen molar-refractivity contribution < 1.29 is 9.53 Å². The van der Waals surface area contributed by atoms with E-state index in [1.54, 1.807) is 7.11 Å². The third-order valence-electron chi connectivity index (χ3n) is 2.62. The van der Waals surface area contributed by atoms with Crippen molar-refractivity contribution in [2.45, 2.75) is 19.1 Å². The van der Waals surface area contributed by atoms with Gasteiger partial charge in [-0.2, -0.15) is 0 Å². The lowest BCUT2D eigenvalue weighted by atomic mass is 10.1. The van der Waals surface area contributed by atoms with Gasteiger partial charge in [-0.15, -0.1) is 0 Å². The molecule has 1 amide bonds. The summed E-state index contributed by atoms with van der Waals surface area (Å²) in [5.41, 5.74) is 0.779. The number of carbonyl (C=O) groups excluding carboxylic acids is 1. The molecule has 0 aliphatic carbocycles. The Kier molecular flexibility index (Phi) is 3.91. The zero-order valence-corrected chi connectivity index (χ0v) is 11.5. The lowest BCUT2D eigenvalue weighted by molar-refractivity contribution is -0.119. The number of aliphatic imine (C=N–C) groups is 1. The van der Waals surface area contributed by atoms with E-state index in [1.165, 1.54) is 11.8 Å². The predicted octanol–water partition coefficient (Wildman–Crippen LogP) is 2.57. The molecule has 1 aromatic carbocycles. The molecule has 2 rings (SSSR count). The van der Waals surface area contributed by atoms with Crippen LogP contribution in [0.4, 0.5) is 5.69 Å². The lowest BCUT2D eigenvalue weighted by Gasteiger charge is -2.07. The molecular weight excluding hydrogens is 248 g/mol. The van der Waals surface area contributed by atoms with Gasteiger partial charge in [0.1, 0.15) is 5.75 Å². The Bertz CT molecular complexity index is 486. The summed E-state index contributed by atoms with van der Waals surface area (Å²) in [4.78, 5) is 16.1. The van der Waals surface area contributed by atoms with Crippen LogP contribution in [0.5, 0.6) is 5.75 Å². The van der Waals surface area contributed by atoms with Crippen molar-refractivity contribution in [3.05, 3.63) is 24.3 Å². The topological polar surface area (TPSA) is 50.7 Å². The second-order valence-corrected chi connectivity index (χ2v) is 5.52. The number of carbonyl (C=O) groups is 1. The Labute approximate surface area is 111 Å². The number of ether oxygens (including phenoxy) is 1. The first-order valence-corrected chi connectivity index (χ1v) is 6.68. The van der Waals surface area contributed by atoms with Gasteiger partial charge < -0.3 is 10.1 Å². The van der Waals surface area contributed by atoms with Crippen LogP contribution < -0.4 is 10.1 Å². The largest absolute Gasteiger partial charge is 0.497 e. The Morgan fingerprint density at radius 3 is 2.83 bits per heavy atom. The van der Waals surface area contributed by atoms with Crippen molar-refractivity contribution in [2.75, 3.05) is 7.11 Å². The fourth-order valence-corrected chi connectivity index (χ4v) is 2.67. The summed E-state index contributed by atoms with van der Waals surface area (Å²) >= 11 is 1.48. The monoisotopic (exact) mass is 264 g/mol. The van der Waals surface area contributed by atoms with E-state index in [0.717, 1.165) is 11.4 Å². The average molecular weight is 264 g/mol. The number of nitrogens with one attached hydrogen (secondary N) is 1. The van der Waals surface area contributed by atoms with Gasteiger partial charge in [0.25, 0.3) is 0 Å². The fourth-order valence-electron chi connectivity index (χ4n) is 1.67. The van der Waals surface area contributed by atoms with E-state index in [9.17, 15) is 4.79 Å². The van der Waals surface area contributed by atoms with Crippen LogP contribution in [-0.4, -0.2) is 23.4 Å². The van der Waals surface area contributed by atoms with Crippen molar-refractivity contribution >= 4 is 28.5 Å². The van der Waals surface area contributed by atoms with Crippen LogP contribution in [0.1, 0.15) is 13.8 Å². The molecule has 0 saturated carbocycles. The molecule has 1 N–H and O–H groups in total. The zero-order chi connectivity index (χ0) is 13.1. The molecular formula is C13H16N2O2S. The molecule has 5 heteroatoms. The maximum Gasteiger partial charge on any atom is 0.239 e. The van der Waals surface area contributed by atoms with E-state index in [4.69, 9.17) is 4.74 Å². The molecule has 1 aliphatic heterocycles. The number of hydrogen-bond acceptors (Lipinski definition) is 4. The molecule has 1 unspecified atom stereocenters. The van der Waals surface area contributed by atoms with Crippen molar-refractivity contribution in [1.29, 1.82) is 0 Å². The molecule has 1 atom stereocenters. The van der Waals surface area contributed by atoms with Crippen LogP contribution in [0.25, 0.3) is 0 Å². The van der Waals surface area contributed by atoms with Gasteiger partial charge >= 0.3 is 0 Å². The number of rotatable bonds is 3. The highest BCUT2D eigenvalue weighted by atomic mass is 32.2. The van der Waals surface area contributed by atoms with Crippen LogP contribution in [0, 0.1) is 5.92 Å². The standard InChI is InChI=1S/C13H16N2O2S/c1-8(2)11-12(16)15-13(18-11)14-9-5-4-6-10(7-9)17-3/h4-8,11H,1-3H3,(H,14,15,16). The molecule has 4 nitrogen and oxygen atoms in total. The van der Waals surface area contributed by atoms with Crippen molar-refractivity contribution in [1.82, 2.24) is 5.32 Å². The minimum atomic E-state index is -0.0469. The highest BCUT2D eigenvalue weighted by molar-refractivity contribution is 8.15. The lowest BCUT2D eigenvalue weighted by Crippen LogP contribution is -2.27. The quantitative estimate of drug-likeness (QED) is 0.913. The maximum absolute atomic E-state index is 11.7. The summed E-state index contributed by atoms with van der Waals surface area (Å²) in [5.74, 6) is 1.09. The molecule has 1 fully saturated rings. The zero-order valence-electron chi connectivity index (χ0n) is 10.6. The van der Waals surface area contributed by atoms with Crippen molar-refractivity contribution in [3.63, 3.8) is 0 Å². The molecule has 1 saturated heterocycles. The van der Waals surface area contributed by atoms with E-state index in [2.05, 4.69) is 10.3 Å². The van der Waals surface area contributed by atoms with Crippen LogP contribution in [-0.2, 0) is 4.79 Å². The van der Waals surface area contributed by atoms with Crippen molar-refractivity contribution in [2.24, 2.45) is 10.9 Å². The normalized spacial score (nSPS) is 21.4. The average Bonchev–Trinajstić information content (AvgIpc) is 2.70. The second-order valence-electron chi connectivity index (χ2n) is 4.39. The fraction of sp³-hybridized carbons (Fsp3) is 0.385. The molecule has 0 bridgehead atoms. The number of amides is 1. The highest BCUT2D eigenvalue weighted by Crippen LogP contribution is 2.28. The molecule has 18 heavy (non-hydrogen) atoms. The molecule has 96 valence electrons. The summed E-state index contributed by atoms with van der Waals surface area (Å²) in [6.45, 7) is 4.07. The Morgan fingerprint density at radius 2 is 2.22 bits per heavy atom. The number of benzene rings is 1. The van der Waals surface area contributed by atoms with Gasteiger partial charge in [-0.1, -0.05) is 31.7 Å².